The van der Waals surface area contributed by atoms with E-state index in [0.29, 0.717) is 21.1 Å². The largest absolute Gasteiger partial charge is 0.467 e. The number of fused-ring (bicyclic) bond motifs is 1. The van der Waals surface area contributed by atoms with Crippen molar-refractivity contribution in [1.82, 2.24) is 20.2 Å². The molecule has 2 N–H and O–H groups in total. The van der Waals surface area contributed by atoms with Crippen molar-refractivity contribution in [3.8, 4) is 11.1 Å². The van der Waals surface area contributed by atoms with E-state index in [0.717, 1.165) is 28.5 Å². The molecule has 0 atom stereocenters. The Kier molecular flexibility index (Phi) is 7.29. The number of nitrogens with one attached hydrogen (secondary N) is 2. The second kappa shape index (κ2) is 10.5. The fourth-order valence-electron chi connectivity index (χ4n) is 3.27. The third-order valence-electron chi connectivity index (χ3n) is 4.92. The van der Waals surface area contributed by atoms with E-state index >= 15 is 0 Å². The van der Waals surface area contributed by atoms with Gasteiger partial charge in [0.2, 0.25) is 5.91 Å². The molecule has 0 radical (unpaired) electrons. The minimum atomic E-state index is -0.630. The predicted molar refractivity (Wildman–Crippen MR) is 134 cm³/mol. The van der Waals surface area contributed by atoms with Gasteiger partial charge in [0, 0.05) is 17.5 Å². The first kappa shape index (κ1) is 23.5. The van der Waals surface area contributed by atoms with Crippen LogP contribution >= 0.6 is 23.1 Å². The average Bonchev–Trinajstić information content (AvgIpc) is 3.49. The number of furan rings is 1. The van der Waals surface area contributed by atoms with Crippen molar-refractivity contribution in [2.75, 3.05) is 5.75 Å². The molecule has 10 heteroatoms. The number of thiophene rings is 1. The van der Waals surface area contributed by atoms with Crippen LogP contribution in [0.15, 0.2) is 75.1 Å². The Bertz CT molecular complexity index is 1390. The van der Waals surface area contributed by atoms with Gasteiger partial charge in [0.25, 0.3) is 5.56 Å². The van der Waals surface area contributed by atoms with Crippen molar-refractivity contribution < 1.29 is 14.0 Å². The van der Waals surface area contributed by atoms with Crippen LogP contribution in [0, 0.1) is 6.92 Å². The Morgan fingerprint density at radius 1 is 1.26 bits per heavy atom. The average molecular weight is 495 g/mol. The summed E-state index contributed by atoms with van der Waals surface area (Å²) < 4.78 is 6.63. The van der Waals surface area contributed by atoms with Crippen LogP contribution in [0.25, 0.3) is 21.3 Å². The van der Waals surface area contributed by atoms with Gasteiger partial charge in [-0.1, -0.05) is 47.7 Å². The second-order valence-corrected chi connectivity index (χ2v) is 9.19. The number of benzene rings is 1. The van der Waals surface area contributed by atoms with Gasteiger partial charge in [-0.3, -0.25) is 19.5 Å². The van der Waals surface area contributed by atoms with E-state index in [-0.39, 0.29) is 24.4 Å². The van der Waals surface area contributed by atoms with E-state index in [1.165, 1.54) is 22.2 Å². The second-order valence-electron chi connectivity index (χ2n) is 7.39. The number of hydrogen-bond acceptors (Lipinski definition) is 7. The lowest BCUT2D eigenvalue weighted by molar-refractivity contribution is -0.117. The molecule has 0 unspecified atom stereocenters. The van der Waals surface area contributed by atoms with Gasteiger partial charge in [0.05, 0.1) is 23.9 Å². The van der Waals surface area contributed by atoms with Gasteiger partial charge in [-0.05, 0) is 24.6 Å². The molecule has 174 valence electrons. The first-order chi connectivity index (χ1) is 16.5. The van der Waals surface area contributed by atoms with E-state index in [9.17, 15) is 14.4 Å². The summed E-state index contributed by atoms with van der Waals surface area (Å²) in [5.74, 6) is -0.0174. The maximum absolute atomic E-state index is 13.4. The Morgan fingerprint density at radius 3 is 2.76 bits per heavy atom. The zero-order valence-electron chi connectivity index (χ0n) is 18.4. The summed E-state index contributed by atoms with van der Waals surface area (Å²) >= 11 is 2.47. The van der Waals surface area contributed by atoms with Gasteiger partial charge in [0.15, 0.2) is 5.16 Å². The lowest BCUT2D eigenvalue weighted by atomic mass is 10.1. The summed E-state index contributed by atoms with van der Waals surface area (Å²) in [7, 11) is 0. The number of carbonyl (C=O) groups is 2. The van der Waals surface area contributed by atoms with Crippen molar-refractivity contribution in [2.45, 2.75) is 25.2 Å². The van der Waals surface area contributed by atoms with Gasteiger partial charge in [0.1, 0.15) is 10.6 Å². The molecule has 4 rings (SSSR count). The molecular formula is C24H22N4O4S2. The van der Waals surface area contributed by atoms with Crippen LogP contribution in [0.3, 0.4) is 0 Å². The van der Waals surface area contributed by atoms with E-state index in [1.54, 1.807) is 18.2 Å². The van der Waals surface area contributed by atoms with Gasteiger partial charge in [-0.25, -0.2) is 9.78 Å². The summed E-state index contributed by atoms with van der Waals surface area (Å²) in [6.45, 7) is 6.16. The van der Waals surface area contributed by atoms with Crippen LogP contribution in [-0.2, 0) is 17.9 Å². The molecular weight excluding hydrogens is 472 g/mol. The molecule has 3 heterocycles. The van der Waals surface area contributed by atoms with Crippen LogP contribution in [0.1, 0.15) is 11.3 Å². The van der Waals surface area contributed by atoms with Crippen LogP contribution in [-0.4, -0.2) is 27.2 Å². The Hall–Kier alpha value is -3.63. The zero-order valence-corrected chi connectivity index (χ0v) is 20.0. The molecule has 4 aromatic rings. The molecule has 3 amide bonds. The Labute approximate surface area is 203 Å². The molecule has 0 saturated heterocycles. The highest BCUT2D eigenvalue weighted by Gasteiger charge is 2.18. The SMILES string of the molecule is C=CCn1c(SCC(=O)NC(=O)NCc2ccco2)nc2scc(-c3ccc(C)cc3)c2c1=O. The van der Waals surface area contributed by atoms with Gasteiger partial charge < -0.3 is 9.73 Å². The number of imide groups is 1. The topological polar surface area (TPSA) is 106 Å². The van der Waals surface area contributed by atoms with Crippen molar-refractivity contribution in [2.24, 2.45) is 0 Å². The maximum Gasteiger partial charge on any atom is 0.321 e. The number of allylic oxidation sites excluding steroid dienone is 1. The highest BCUT2D eigenvalue weighted by molar-refractivity contribution is 7.99. The van der Waals surface area contributed by atoms with Gasteiger partial charge in [-0.2, -0.15) is 0 Å². The highest BCUT2D eigenvalue weighted by atomic mass is 32.2. The molecule has 0 aliphatic heterocycles. The summed E-state index contributed by atoms with van der Waals surface area (Å²) in [4.78, 5) is 42.8. The van der Waals surface area contributed by atoms with E-state index in [2.05, 4.69) is 22.2 Å². The molecule has 0 saturated carbocycles. The van der Waals surface area contributed by atoms with Crippen molar-refractivity contribution in [3.63, 3.8) is 0 Å². The van der Waals surface area contributed by atoms with E-state index in [1.807, 2.05) is 36.6 Å². The lowest BCUT2D eigenvalue weighted by Gasteiger charge is -2.11. The van der Waals surface area contributed by atoms with Crippen LogP contribution in [0.2, 0.25) is 0 Å². The molecule has 0 aliphatic rings. The number of aryl methyl sites for hydroxylation is 1. The number of carbonyl (C=O) groups excluding carboxylic acids is 2. The summed E-state index contributed by atoms with van der Waals surface area (Å²) in [6.07, 6.45) is 3.11. The van der Waals surface area contributed by atoms with Crippen molar-refractivity contribution in [1.29, 1.82) is 0 Å². The standard InChI is InChI=1S/C24H22N4O4S2/c1-3-10-28-22(30)20-18(16-8-6-15(2)7-9-16)13-33-21(20)27-24(28)34-14-19(29)26-23(31)25-12-17-5-4-11-32-17/h3-9,11,13H,1,10,12,14H2,2H3,(H2,25,26,29,31). The molecule has 1 aromatic carbocycles. The quantitative estimate of drug-likeness (QED) is 0.215. The fraction of sp³-hybridized carbons (Fsp3) is 0.167. The Morgan fingerprint density at radius 2 is 2.06 bits per heavy atom. The number of rotatable bonds is 8. The molecule has 0 aliphatic carbocycles. The minimum absolute atomic E-state index is 0.0839. The Balaban J connectivity index is 1.50. The molecule has 0 spiro atoms. The first-order valence-electron chi connectivity index (χ1n) is 10.4. The number of hydrogen-bond donors (Lipinski definition) is 2. The third-order valence-corrected chi connectivity index (χ3v) is 6.77. The summed E-state index contributed by atoms with van der Waals surface area (Å²) in [5.41, 5.74) is 2.72. The van der Waals surface area contributed by atoms with Crippen molar-refractivity contribution in [3.05, 3.63) is 82.4 Å². The molecule has 8 nitrogen and oxygen atoms in total. The number of amides is 3. The molecule has 0 fully saturated rings. The van der Waals surface area contributed by atoms with Crippen LogP contribution in [0.5, 0.6) is 0 Å². The predicted octanol–water partition coefficient (Wildman–Crippen LogP) is 4.33. The third kappa shape index (κ3) is 5.29. The minimum Gasteiger partial charge on any atom is -0.467 e. The maximum atomic E-state index is 13.4. The van der Waals surface area contributed by atoms with E-state index in [4.69, 9.17) is 4.42 Å². The molecule has 0 bridgehead atoms. The highest BCUT2D eigenvalue weighted by Crippen LogP contribution is 2.32. The monoisotopic (exact) mass is 494 g/mol. The van der Waals surface area contributed by atoms with Crippen LogP contribution < -0.4 is 16.2 Å². The summed E-state index contributed by atoms with van der Waals surface area (Å²) in [5, 5.41) is 7.66. The first-order valence-corrected chi connectivity index (χ1v) is 12.3. The van der Waals surface area contributed by atoms with Gasteiger partial charge in [-0.15, -0.1) is 17.9 Å². The lowest BCUT2D eigenvalue weighted by Crippen LogP contribution is -2.40. The van der Waals surface area contributed by atoms with E-state index < -0.39 is 11.9 Å². The number of aromatic nitrogens is 2. The molecule has 3 aromatic heterocycles. The van der Waals surface area contributed by atoms with Gasteiger partial charge >= 0.3 is 6.03 Å². The fourth-order valence-corrected chi connectivity index (χ4v) is 5.07. The summed E-state index contributed by atoms with van der Waals surface area (Å²) in [6, 6.07) is 10.8. The molecule has 34 heavy (non-hydrogen) atoms. The number of thioether (sulfide) groups is 1. The normalized spacial score (nSPS) is 10.9. The zero-order chi connectivity index (χ0) is 24.1. The number of urea groups is 1. The smallest absolute Gasteiger partial charge is 0.321 e. The van der Waals surface area contributed by atoms with Crippen molar-refractivity contribution >= 4 is 45.3 Å². The van der Waals surface area contributed by atoms with Crippen LogP contribution in [0.4, 0.5) is 4.79 Å². The number of nitrogens with zero attached hydrogens (tertiary/aromatic N) is 2.